The summed E-state index contributed by atoms with van der Waals surface area (Å²) in [5, 5.41) is 0.980. The van der Waals surface area contributed by atoms with Crippen LogP contribution in [0.2, 0.25) is 0 Å². The summed E-state index contributed by atoms with van der Waals surface area (Å²) in [7, 11) is 2.33. The molecule has 0 saturated heterocycles. The molecule has 4 heteroatoms. The van der Waals surface area contributed by atoms with E-state index in [9.17, 15) is 4.79 Å². The molecule has 0 aromatic heterocycles. The normalized spacial score (nSPS) is 10.3. The van der Waals surface area contributed by atoms with Gasteiger partial charge in [-0.1, -0.05) is 30.3 Å². The van der Waals surface area contributed by atoms with Gasteiger partial charge in [0.25, 0.3) is 0 Å². The molecule has 0 N–H and O–H groups in total. The van der Waals surface area contributed by atoms with E-state index in [1.54, 1.807) is 7.11 Å². The van der Waals surface area contributed by atoms with Crippen molar-refractivity contribution in [2.75, 3.05) is 7.11 Å². The third kappa shape index (κ3) is 3.97. The minimum Gasteiger partial charge on any atom is -0.497 e. The largest absolute Gasteiger partial charge is 1.00 e. The van der Waals surface area contributed by atoms with E-state index in [0.717, 1.165) is 27.7 Å². The first kappa shape index (κ1) is 17.0. The third-order valence-corrected chi connectivity index (χ3v) is 3.98. The minimum atomic E-state index is 0. The van der Waals surface area contributed by atoms with Crippen LogP contribution in [-0.2, 0) is 0 Å². The zero-order chi connectivity index (χ0) is 13.8. The number of methoxy groups -OCH3 is 1. The molecule has 0 aliphatic heterocycles. The Hall–Kier alpha value is -1.06. The van der Waals surface area contributed by atoms with E-state index in [4.69, 9.17) is 4.74 Å². The summed E-state index contributed by atoms with van der Waals surface area (Å²) in [6.07, 6.45) is 0. The molecule has 0 bridgehead atoms. The number of benzene rings is 2. The van der Waals surface area contributed by atoms with Crippen LogP contribution in [0.4, 0.5) is 0 Å². The van der Waals surface area contributed by atoms with Gasteiger partial charge < -0.3 is 18.1 Å². The van der Waals surface area contributed by atoms with Crippen molar-refractivity contribution in [2.24, 2.45) is 0 Å². The first-order valence-corrected chi connectivity index (χ1v) is 6.97. The molecule has 0 aliphatic carbocycles. The topological polar surface area (TPSA) is 26.3 Å². The molecular weight excluding hydrogens is 262 g/mol. The van der Waals surface area contributed by atoms with Gasteiger partial charge in [0.15, 0.2) is 0 Å². The van der Waals surface area contributed by atoms with Crippen molar-refractivity contribution in [3.05, 3.63) is 59.2 Å². The Morgan fingerprint density at radius 2 is 1.55 bits per heavy atom. The number of aryl methyl sites for hydroxylation is 2. The van der Waals surface area contributed by atoms with Crippen LogP contribution in [0.5, 0.6) is 5.75 Å². The predicted octanol–water partition coefficient (Wildman–Crippen LogP) is 0.728. The average molecular weight is 278 g/mol. The Labute approximate surface area is 133 Å². The number of hydrogen-bond donors (Lipinski definition) is 0. The van der Waals surface area contributed by atoms with E-state index >= 15 is 0 Å². The summed E-state index contributed by atoms with van der Waals surface area (Å²) in [6.45, 7) is 3.95. The van der Waals surface area contributed by atoms with Crippen LogP contribution in [0, 0.1) is 13.8 Å². The van der Waals surface area contributed by atoms with Crippen LogP contribution in [-0.4, -0.2) is 12.6 Å². The van der Waals surface area contributed by atoms with Crippen molar-refractivity contribution in [2.45, 2.75) is 13.8 Å². The maximum atomic E-state index is 12.4. The van der Waals surface area contributed by atoms with Crippen molar-refractivity contribution in [1.29, 1.82) is 0 Å². The van der Waals surface area contributed by atoms with Crippen LogP contribution in [0.25, 0.3) is 0 Å². The maximum Gasteiger partial charge on any atom is 1.00 e. The van der Waals surface area contributed by atoms with Crippen molar-refractivity contribution in [1.82, 2.24) is 0 Å². The zero-order valence-electron chi connectivity index (χ0n) is 12.3. The molecule has 2 nitrogen and oxygen atoms in total. The van der Waals surface area contributed by atoms with Gasteiger partial charge in [0.2, 0.25) is 0 Å². The van der Waals surface area contributed by atoms with E-state index in [0.29, 0.717) is 8.58 Å². The molecule has 2 aromatic rings. The van der Waals surface area contributed by atoms with Crippen LogP contribution in [0.15, 0.2) is 42.5 Å². The second-order valence-electron chi connectivity index (χ2n) is 4.38. The summed E-state index contributed by atoms with van der Waals surface area (Å²) in [6, 6.07) is 13.5. The molecule has 2 aromatic carbocycles. The van der Waals surface area contributed by atoms with E-state index in [1.165, 1.54) is 0 Å². The molecule has 0 saturated carbocycles. The van der Waals surface area contributed by atoms with Crippen molar-refractivity contribution < 1.29 is 28.4 Å². The Morgan fingerprint density at radius 3 is 2.05 bits per heavy atom. The number of rotatable bonds is 4. The van der Waals surface area contributed by atoms with Crippen molar-refractivity contribution in [3.8, 4) is 5.75 Å². The second-order valence-corrected chi connectivity index (χ2v) is 5.53. The van der Waals surface area contributed by atoms with Gasteiger partial charge in [-0.05, 0) is 42.7 Å². The fourth-order valence-corrected chi connectivity index (χ4v) is 2.98. The smallest absolute Gasteiger partial charge is 0.497 e. The summed E-state index contributed by atoms with van der Waals surface area (Å²) in [5.74, 6) is 0.804. The van der Waals surface area contributed by atoms with E-state index in [1.807, 2.05) is 56.3 Å². The van der Waals surface area contributed by atoms with Crippen LogP contribution < -0.4 is 28.9 Å². The first-order valence-electron chi connectivity index (χ1n) is 6.08. The summed E-state index contributed by atoms with van der Waals surface area (Å²) in [5.41, 5.74) is 3.04. The fourth-order valence-electron chi connectivity index (χ4n) is 1.98. The molecule has 0 amide bonds. The van der Waals surface area contributed by atoms with Crippen LogP contribution in [0.3, 0.4) is 0 Å². The molecule has 2 rings (SSSR count). The molecule has 0 heterocycles. The zero-order valence-corrected chi connectivity index (χ0v) is 13.2. The van der Waals surface area contributed by atoms with Crippen LogP contribution in [0.1, 0.15) is 21.5 Å². The van der Waals surface area contributed by atoms with E-state index in [2.05, 4.69) is 0 Å². The number of carbonyl (C=O) groups is 1. The molecule has 0 atom stereocenters. The van der Waals surface area contributed by atoms with Gasteiger partial charge in [-0.3, -0.25) is 0 Å². The van der Waals surface area contributed by atoms with Crippen molar-refractivity contribution >= 4 is 19.4 Å². The maximum absolute atomic E-state index is 12.4. The predicted molar refractivity (Wildman–Crippen MR) is 79.8 cm³/mol. The molecular formula is C16H16LiO2P. The molecule has 0 spiro atoms. The van der Waals surface area contributed by atoms with Crippen molar-refractivity contribution in [3.63, 3.8) is 0 Å². The number of ether oxygens (including phenoxy) is 1. The molecule has 0 radical (unpaired) electrons. The van der Waals surface area contributed by atoms with Gasteiger partial charge in [0.1, 0.15) is 5.75 Å². The molecule has 0 unspecified atom stereocenters. The molecule has 0 fully saturated rings. The fraction of sp³-hybridized carbons (Fsp3) is 0.188. The molecule has 98 valence electrons. The van der Waals surface area contributed by atoms with Gasteiger partial charge in [0, 0.05) is 5.52 Å². The standard InChI is InChI=1S/C16H16O2P.Li/c1-11-5-4-6-12(2)15(11)16(17)19-14-9-7-13(18-3)8-10-14;/h4-10H,1-3H3;/q-1;+1. The molecule has 20 heavy (non-hydrogen) atoms. The first-order chi connectivity index (χ1) is 9.11. The second kappa shape index (κ2) is 7.65. The Balaban J connectivity index is 0.00000200. The summed E-state index contributed by atoms with van der Waals surface area (Å²) >= 11 is 0. The Kier molecular flexibility index (Phi) is 6.50. The average Bonchev–Trinajstić information content (AvgIpc) is 2.39. The summed E-state index contributed by atoms with van der Waals surface area (Å²) in [4.78, 5) is 12.4. The minimum absolute atomic E-state index is 0. The number of carbonyl (C=O) groups excluding carboxylic acids is 1. The van der Waals surface area contributed by atoms with Gasteiger partial charge in [-0.15, -0.1) is 0 Å². The van der Waals surface area contributed by atoms with Gasteiger partial charge in [-0.2, -0.15) is 5.30 Å². The monoisotopic (exact) mass is 278 g/mol. The van der Waals surface area contributed by atoms with Gasteiger partial charge >= 0.3 is 18.9 Å². The van der Waals surface area contributed by atoms with Gasteiger partial charge in [0.05, 0.1) is 7.11 Å². The number of hydrogen-bond acceptors (Lipinski definition) is 2. The Bertz CT molecular complexity index is 574. The third-order valence-electron chi connectivity index (χ3n) is 3.00. The van der Waals surface area contributed by atoms with E-state index in [-0.39, 0.29) is 24.4 Å². The quantitative estimate of drug-likeness (QED) is 0.609. The van der Waals surface area contributed by atoms with Crippen LogP contribution >= 0.6 is 8.58 Å². The Morgan fingerprint density at radius 1 is 1.00 bits per heavy atom. The SMILES string of the molecule is COc1ccc([P-]C(=O)c2c(C)cccc2C)cc1.[Li+]. The summed E-state index contributed by atoms with van der Waals surface area (Å²) < 4.78 is 5.11. The molecule has 0 aliphatic rings. The van der Waals surface area contributed by atoms with Gasteiger partial charge in [-0.25, -0.2) is 0 Å². The van der Waals surface area contributed by atoms with E-state index < -0.39 is 0 Å².